The van der Waals surface area contributed by atoms with Crippen LogP contribution in [0.2, 0.25) is 0 Å². The highest BCUT2D eigenvalue weighted by Crippen LogP contribution is 2.32. The van der Waals surface area contributed by atoms with E-state index in [-0.39, 0.29) is 18.3 Å². The molecule has 168 valence electrons. The minimum absolute atomic E-state index is 0. The second kappa shape index (κ2) is 11.9. The van der Waals surface area contributed by atoms with Crippen LogP contribution in [-0.2, 0) is 11.2 Å². The maximum atomic E-state index is 13.3. The summed E-state index contributed by atoms with van der Waals surface area (Å²) in [6, 6.07) is 13.4. The Bertz CT molecular complexity index is 974. The van der Waals surface area contributed by atoms with Gasteiger partial charge in [-0.05, 0) is 49.0 Å². The first-order valence-electron chi connectivity index (χ1n) is 10.2. The van der Waals surface area contributed by atoms with Gasteiger partial charge in [0.05, 0.1) is 30.9 Å². The molecule has 3 aromatic rings. The second-order valence-corrected chi connectivity index (χ2v) is 7.94. The Hall–Kier alpha value is -2.35. The van der Waals surface area contributed by atoms with Crippen LogP contribution < -0.4 is 14.4 Å². The molecule has 2 aromatic carbocycles. The van der Waals surface area contributed by atoms with Gasteiger partial charge in [0.15, 0.2) is 5.13 Å². The van der Waals surface area contributed by atoms with Crippen LogP contribution in [0.15, 0.2) is 42.5 Å². The zero-order valence-corrected chi connectivity index (χ0v) is 20.1. The Morgan fingerprint density at radius 1 is 0.968 bits per heavy atom. The SMILES string of the molecule is CCN(CC)CCN(C(=O)Cc1ccc(OC)cc1)c1nc2ccc(OC)cc2s1.Cl. The van der Waals surface area contributed by atoms with Gasteiger partial charge in [0.1, 0.15) is 11.5 Å². The lowest BCUT2D eigenvalue weighted by atomic mass is 10.1. The number of fused-ring (bicyclic) bond motifs is 1. The predicted molar refractivity (Wildman–Crippen MR) is 130 cm³/mol. The smallest absolute Gasteiger partial charge is 0.233 e. The molecule has 0 fully saturated rings. The van der Waals surface area contributed by atoms with Crippen LogP contribution in [0.4, 0.5) is 5.13 Å². The molecule has 0 N–H and O–H groups in total. The largest absolute Gasteiger partial charge is 0.497 e. The number of likely N-dealkylation sites (N-methyl/N-ethyl adjacent to an activating group) is 1. The molecular weight excluding hydrogens is 434 g/mol. The Labute approximate surface area is 194 Å². The summed E-state index contributed by atoms with van der Waals surface area (Å²) in [6.45, 7) is 7.59. The molecule has 0 aliphatic rings. The molecule has 0 radical (unpaired) electrons. The zero-order valence-electron chi connectivity index (χ0n) is 18.5. The summed E-state index contributed by atoms with van der Waals surface area (Å²) in [6.07, 6.45) is 0.321. The van der Waals surface area contributed by atoms with Crippen molar-refractivity contribution in [1.29, 1.82) is 0 Å². The number of hydrogen-bond donors (Lipinski definition) is 0. The van der Waals surface area contributed by atoms with Crippen LogP contribution in [0.5, 0.6) is 11.5 Å². The molecule has 0 atom stereocenters. The molecule has 31 heavy (non-hydrogen) atoms. The Kier molecular flexibility index (Phi) is 9.55. The van der Waals surface area contributed by atoms with E-state index < -0.39 is 0 Å². The highest BCUT2D eigenvalue weighted by atomic mass is 35.5. The lowest BCUT2D eigenvalue weighted by Crippen LogP contribution is -2.39. The van der Waals surface area contributed by atoms with Gasteiger partial charge in [-0.15, -0.1) is 12.4 Å². The van der Waals surface area contributed by atoms with Crippen molar-refractivity contribution in [3.8, 4) is 11.5 Å². The average Bonchev–Trinajstić information content (AvgIpc) is 3.19. The van der Waals surface area contributed by atoms with Gasteiger partial charge in [-0.25, -0.2) is 4.98 Å². The monoisotopic (exact) mass is 463 g/mol. The van der Waals surface area contributed by atoms with E-state index in [1.54, 1.807) is 14.2 Å². The minimum Gasteiger partial charge on any atom is -0.497 e. The third-order valence-electron chi connectivity index (χ3n) is 5.16. The van der Waals surface area contributed by atoms with E-state index in [9.17, 15) is 4.79 Å². The summed E-state index contributed by atoms with van der Waals surface area (Å²) in [5.41, 5.74) is 1.83. The van der Waals surface area contributed by atoms with Gasteiger partial charge < -0.3 is 14.4 Å². The van der Waals surface area contributed by atoms with Gasteiger partial charge in [-0.3, -0.25) is 9.69 Å². The number of halogens is 1. The number of methoxy groups -OCH3 is 2. The fraction of sp³-hybridized carbons (Fsp3) is 0.391. The van der Waals surface area contributed by atoms with Crippen molar-refractivity contribution in [2.75, 3.05) is 45.3 Å². The highest BCUT2D eigenvalue weighted by Gasteiger charge is 2.21. The van der Waals surface area contributed by atoms with Crippen LogP contribution in [0.3, 0.4) is 0 Å². The molecule has 0 unspecified atom stereocenters. The number of carbonyl (C=O) groups is 1. The maximum Gasteiger partial charge on any atom is 0.233 e. The second-order valence-electron chi connectivity index (χ2n) is 6.93. The Morgan fingerprint density at radius 2 is 1.61 bits per heavy atom. The first-order valence-corrected chi connectivity index (χ1v) is 11.0. The molecule has 1 amide bonds. The van der Waals surface area contributed by atoms with Gasteiger partial charge in [0.25, 0.3) is 0 Å². The maximum absolute atomic E-state index is 13.3. The molecule has 0 aliphatic heterocycles. The molecule has 0 saturated carbocycles. The fourth-order valence-corrected chi connectivity index (χ4v) is 4.29. The van der Waals surface area contributed by atoms with Gasteiger partial charge in [0, 0.05) is 13.1 Å². The number of aromatic nitrogens is 1. The predicted octanol–water partition coefficient (Wildman–Crippen LogP) is 4.65. The van der Waals surface area contributed by atoms with Crippen LogP contribution in [0, 0.1) is 0 Å². The first kappa shape index (κ1) is 24.9. The molecule has 3 rings (SSSR count). The standard InChI is InChI=1S/C23H29N3O3S.ClH/c1-5-25(6-2)13-14-26(22(27)15-17-7-9-18(28-3)10-8-17)23-24-20-12-11-19(29-4)16-21(20)30-23;/h7-12,16H,5-6,13-15H2,1-4H3;1H. The molecule has 1 heterocycles. The van der Waals surface area contributed by atoms with E-state index in [1.807, 2.05) is 47.4 Å². The molecule has 0 bridgehead atoms. The lowest BCUT2D eigenvalue weighted by Gasteiger charge is -2.24. The van der Waals surface area contributed by atoms with E-state index in [1.165, 1.54) is 11.3 Å². The molecule has 1 aromatic heterocycles. The van der Waals surface area contributed by atoms with E-state index in [0.717, 1.165) is 52.0 Å². The van der Waals surface area contributed by atoms with E-state index in [4.69, 9.17) is 14.5 Å². The molecule has 6 nitrogen and oxygen atoms in total. The number of hydrogen-bond acceptors (Lipinski definition) is 6. The van der Waals surface area contributed by atoms with Crippen molar-refractivity contribution in [1.82, 2.24) is 9.88 Å². The van der Waals surface area contributed by atoms with E-state index >= 15 is 0 Å². The zero-order chi connectivity index (χ0) is 21.5. The Morgan fingerprint density at radius 3 is 2.23 bits per heavy atom. The highest BCUT2D eigenvalue weighted by molar-refractivity contribution is 7.22. The number of carbonyl (C=O) groups excluding carboxylic acids is 1. The average molecular weight is 464 g/mol. The summed E-state index contributed by atoms with van der Waals surface area (Å²) in [5.74, 6) is 1.61. The van der Waals surface area contributed by atoms with Gasteiger partial charge >= 0.3 is 0 Å². The quantitative estimate of drug-likeness (QED) is 0.438. The molecule has 0 saturated heterocycles. The minimum atomic E-state index is 0. The third-order valence-corrected chi connectivity index (χ3v) is 6.21. The normalized spacial score (nSPS) is 10.7. The summed E-state index contributed by atoms with van der Waals surface area (Å²) in [7, 11) is 3.29. The summed E-state index contributed by atoms with van der Waals surface area (Å²) in [5, 5.41) is 0.726. The molecule has 0 spiro atoms. The third kappa shape index (κ3) is 6.32. The fourth-order valence-electron chi connectivity index (χ4n) is 3.26. The van der Waals surface area contributed by atoms with Crippen molar-refractivity contribution in [2.24, 2.45) is 0 Å². The molecule has 0 aliphatic carbocycles. The number of benzene rings is 2. The number of thiazole rings is 1. The number of amides is 1. The van der Waals surface area contributed by atoms with Gasteiger partial charge in [-0.2, -0.15) is 0 Å². The lowest BCUT2D eigenvalue weighted by molar-refractivity contribution is -0.118. The van der Waals surface area contributed by atoms with Gasteiger partial charge in [0.2, 0.25) is 5.91 Å². The molecule has 8 heteroatoms. The van der Waals surface area contributed by atoms with Crippen molar-refractivity contribution >= 4 is 45.0 Å². The van der Waals surface area contributed by atoms with Crippen LogP contribution in [0.1, 0.15) is 19.4 Å². The summed E-state index contributed by atoms with van der Waals surface area (Å²) in [4.78, 5) is 22.1. The van der Waals surface area contributed by atoms with Crippen LogP contribution in [0.25, 0.3) is 10.2 Å². The summed E-state index contributed by atoms with van der Waals surface area (Å²) < 4.78 is 11.5. The number of rotatable bonds is 10. The topological polar surface area (TPSA) is 54.9 Å². The van der Waals surface area contributed by atoms with Crippen molar-refractivity contribution < 1.29 is 14.3 Å². The van der Waals surface area contributed by atoms with Crippen LogP contribution >= 0.6 is 23.7 Å². The summed E-state index contributed by atoms with van der Waals surface area (Å²) >= 11 is 1.52. The number of ether oxygens (including phenoxy) is 2. The number of anilines is 1. The van der Waals surface area contributed by atoms with Crippen molar-refractivity contribution in [3.05, 3.63) is 48.0 Å². The van der Waals surface area contributed by atoms with E-state index in [0.29, 0.717) is 13.0 Å². The number of nitrogens with zero attached hydrogens (tertiary/aromatic N) is 3. The Balaban J connectivity index is 0.00000341. The van der Waals surface area contributed by atoms with Gasteiger partial charge in [-0.1, -0.05) is 37.3 Å². The van der Waals surface area contributed by atoms with E-state index in [2.05, 4.69) is 18.7 Å². The molecular formula is C23H30ClN3O3S. The first-order chi connectivity index (χ1) is 14.6. The van der Waals surface area contributed by atoms with Crippen molar-refractivity contribution in [3.63, 3.8) is 0 Å². The van der Waals surface area contributed by atoms with Crippen molar-refractivity contribution in [2.45, 2.75) is 20.3 Å². The van der Waals surface area contributed by atoms with Crippen LogP contribution in [-0.4, -0.2) is 56.2 Å².